The first-order valence-electron chi connectivity index (χ1n) is 5.28. The van der Waals surface area contributed by atoms with E-state index in [1.165, 1.54) is 5.56 Å². The van der Waals surface area contributed by atoms with Crippen LogP contribution in [0.25, 0.3) is 0 Å². The molecule has 0 spiro atoms. The van der Waals surface area contributed by atoms with Crippen molar-refractivity contribution in [1.82, 2.24) is 5.32 Å². The summed E-state index contributed by atoms with van der Waals surface area (Å²) in [6.07, 6.45) is 2.21. The molecule has 3 heteroatoms. The number of carboxylic acids is 1. The molecule has 1 heterocycles. The van der Waals surface area contributed by atoms with E-state index in [0.717, 1.165) is 12.8 Å². The molecule has 0 radical (unpaired) electrons. The first-order chi connectivity index (χ1) is 7.25. The SMILES string of the molecule is O=C(O)C[C@@H]1CC[C@H](c2ccccc2)N1. The molecule has 1 aliphatic heterocycles. The number of nitrogens with one attached hydrogen (secondary N) is 1. The lowest BCUT2D eigenvalue weighted by molar-refractivity contribution is -0.137. The van der Waals surface area contributed by atoms with Crippen LogP contribution < -0.4 is 5.32 Å². The minimum atomic E-state index is -0.721. The van der Waals surface area contributed by atoms with Crippen LogP contribution in [0.4, 0.5) is 0 Å². The lowest BCUT2D eigenvalue weighted by Crippen LogP contribution is -2.26. The fraction of sp³-hybridized carbons (Fsp3) is 0.417. The van der Waals surface area contributed by atoms with Crippen LogP contribution in [-0.2, 0) is 4.79 Å². The Morgan fingerprint density at radius 3 is 2.73 bits per heavy atom. The van der Waals surface area contributed by atoms with Gasteiger partial charge in [-0.3, -0.25) is 4.79 Å². The molecule has 80 valence electrons. The third kappa shape index (κ3) is 2.57. The Morgan fingerprint density at radius 1 is 1.33 bits per heavy atom. The van der Waals surface area contributed by atoms with Crippen LogP contribution in [0.1, 0.15) is 30.9 Å². The maximum absolute atomic E-state index is 10.6. The summed E-state index contributed by atoms with van der Waals surface area (Å²) in [5.74, 6) is -0.721. The van der Waals surface area contributed by atoms with Gasteiger partial charge in [-0.25, -0.2) is 0 Å². The van der Waals surface area contributed by atoms with Crippen LogP contribution in [0, 0.1) is 0 Å². The van der Waals surface area contributed by atoms with Crippen molar-refractivity contribution in [2.24, 2.45) is 0 Å². The molecule has 15 heavy (non-hydrogen) atoms. The summed E-state index contributed by atoms with van der Waals surface area (Å²) >= 11 is 0. The zero-order valence-corrected chi connectivity index (χ0v) is 8.52. The van der Waals surface area contributed by atoms with Crippen molar-refractivity contribution < 1.29 is 9.90 Å². The van der Waals surface area contributed by atoms with E-state index in [1.807, 2.05) is 18.2 Å². The quantitative estimate of drug-likeness (QED) is 0.793. The number of carboxylic acid groups (broad SMARTS) is 1. The molecule has 0 aromatic heterocycles. The summed E-state index contributed by atoms with van der Waals surface area (Å²) in [5, 5.41) is 12.0. The van der Waals surface area contributed by atoms with Gasteiger partial charge in [-0.1, -0.05) is 30.3 Å². The summed E-state index contributed by atoms with van der Waals surface area (Å²) in [4.78, 5) is 10.6. The normalized spacial score (nSPS) is 25.3. The Morgan fingerprint density at radius 2 is 2.07 bits per heavy atom. The van der Waals surface area contributed by atoms with E-state index in [-0.39, 0.29) is 12.5 Å². The van der Waals surface area contributed by atoms with E-state index >= 15 is 0 Å². The Kier molecular flexibility index (Phi) is 3.02. The first-order valence-corrected chi connectivity index (χ1v) is 5.28. The molecule has 0 unspecified atom stereocenters. The van der Waals surface area contributed by atoms with Gasteiger partial charge in [-0.15, -0.1) is 0 Å². The molecule has 0 aliphatic carbocycles. The predicted octanol–water partition coefficient (Wildman–Crippen LogP) is 1.95. The van der Waals surface area contributed by atoms with Crippen LogP contribution in [0.15, 0.2) is 30.3 Å². The van der Waals surface area contributed by atoms with E-state index < -0.39 is 5.97 Å². The molecule has 0 saturated carbocycles. The topological polar surface area (TPSA) is 49.3 Å². The van der Waals surface area contributed by atoms with E-state index in [9.17, 15) is 4.79 Å². The van der Waals surface area contributed by atoms with Gasteiger partial charge in [0.25, 0.3) is 0 Å². The summed E-state index contributed by atoms with van der Waals surface area (Å²) in [7, 11) is 0. The maximum atomic E-state index is 10.6. The number of hydrogen-bond donors (Lipinski definition) is 2. The van der Waals surface area contributed by atoms with Crippen LogP contribution in [0.3, 0.4) is 0 Å². The third-order valence-corrected chi connectivity index (χ3v) is 2.86. The summed E-state index contributed by atoms with van der Waals surface area (Å²) in [6.45, 7) is 0. The van der Waals surface area contributed by atoms with Gasteiger partial charge in [-0.2, -0.15) is 0 Å². The molecule has 3 nitrogen and oxygen atoms in total. The molecule has 1 aromatic rings. The van der Waals surface area contributed by atoms with E-state index in [1.54, 1.807) is 0 Å². The van der Waals surface area contributed by atoms with Crippen molar-refractivity contribution >= 4 is 5.97 Å². The third-order valence-electron chi connectivity index (χ3n) is 2.86. The highest BCUT2D eigenvalue weighted by molar-refractivity contribution is 5.67. The maximum Gasteiger partial charge on any atom is 0.304 e. The van der Waals surface area contributed by atoms with Gasteiger partial charge < -0.3 is 10.4 Å². The molecule has 2 atom stereocenters. The number of carbonyl (C=O) groups is 1. The second-order valence-electron chi connectivity index (χ2n) is 4.00. The summed E-state index contributed by atoms with van der Waals surface area (Å²) < 4.78 is 0. The number of hydrogen-bond acceptors (Lipinski definition) is 2. The molecule has 0 amide bonds. The van der Waals surface area contributed by atoms with Gasteiger partial charge in [0.1, 0.15) is 0 Å². The smallest absolute Gasteiger partial charge is 0.304 e. The second kappa shape index (κ2) is 4.45. The van der Waals surface area contributed by atoms with Crippen molar-refractivity contribution in [1.29, 1.82) is 0 Å². The van der Waals surface area contributed by atoms with Gasteiger partial charge in [0, 0.05) is 12.1 Å². The van der Waals surface area contributed by atoms with Gasteiger partial charge >= 0.3 is 5.97 Å². The summed E-state index contributed by atoms with van der Waals surface area (Å²) in [6, 6.07) is 10.7. The number of aliphatic carboxylic acids is 1. The van der Waals surface area contributed by atoms with E-state index in [2.05, 4.69) is 17.4 Å². The minimum Gasteiger partial charge on any atom is -0.481 e. The van der Waals surface area contributed by atoms with Crippen LogP contribution in [-0.4, -0.2) is 17.1 Å². The molecule has 0 bridgehead atoms. The van der Waals surface area contributed by atoms with E-state index in [4.69, 9.17) is 5.11 Å². The average Bonchev–Trinajstić information content (AvgIpc) is 2.67. The number of benzene rings is 1. The standard InChI is InChI=1S/C12H15NO2/c14-12(15)8-10-6-7-11(13-10)9-4-2-1-3-5-9/h1-5,10-11,13H,6-8H2,(H,14,15)/t10-,11+/m0/s1. The molecule has 1 fully saturated rings. The predicted molar refractivity (Wildman–Crippen MR) is 57.6 cm³/mol. The lowest BCUT2D eigenvalue weighted by Gasteiger charge is -2.12. The molecular formula is C12H15NO2. The fourth-order valence-corrected chi connectivity index (χ4v) is 2.14. The van der Waals surface area contributed by atoms with Crippen LogP contribution in [0.2, 0.25) is 0 Å². The molecule has 2 N–H and O–H groups in total. The fourth-order valence-electron chi connectivity index (χ4n) is 2.14. The zero-order chi connectivity index (χ0) is 10.7. The van der Waals surface area contributed by atoms with Gasteiger partial charge in [-0.05, 0) is 18.4 Å². The van der Waals surface area contributed by atoms with Gasteiger partial charge in [0.15, 0.2) is 0 Å². The van der Waals surface area contributed by atoms with Gasteiger partial charge in [0.05, 0.1) is 6.42 Å². The monoisotopic (exact) mass is 205 g/mol. The molecule has 2 rings (SSSR count). The van der Waals surface area contributed by atoms with Crippen molar-refractivity contribution in [2.45, 2.75) is 31.3 Å². The minimum absolute atomic E-state index is 0.132. The summed E-state index contributed by atoms with van der Waals surface area (Å²) in [5.41, 5.74) is 1.25. The molecular weight excluding hydrogens is 190 g/mol. The van der Waals surface area contributed by atoms with Crippen molar-refractivity contribution in [3.05, 3.63) is 35.9 Å². The zero-order valence-electron chi connectivity index (χ0n) is 8.52. The van der Waals surface area contributed by atoms with Crippen molar-refractivity contribution in [3.8, 4) is 0 Å². The van der Waals surface area contributed by atoms with E-state index in [0.29, 0.717) is 6.04 Å². The molecule has 1 aromatic carbocycles. The first kappa shape index (κ1) is 10.2. The average molecular weight is 205 g/mol. The van der Waals surface area contributed by atoms with Crippen molar-refractivity contribution in [2.75, 3.05) is 0 Å². The van der Waals surface area contributed by atoms with Crippen molar-refractivity contribution in [3.63, 3.8) is 0 Å². The Balaban J connectivity index is 1.96. The van der Waals surface area contributed by atoms with Gasteiger partial charge in [0.2, 0.25) is 0 Å². The Hall–Kier alpha value is -1.35. The second-order valence-corrected chi connectivity index (χ2v) is 4.00. The molecule has 1 aliphatic rings. The highest BCUT2D eigenvalue weighted by Crippen LogP contribution is 2.27. The van der Waals surface area contributed by atoms with Crippen LogP contribution >= 0.6 is 0 Å². The number of rotatable bonds is 3. The Bertz CT molecular complexity index is 337. The highest BCUT2D eigenvalue weighted by Gasteiger charge is 2.25. The largest absolute Gasteiger partial charge is 0.481 e. The highest BCUT2D eigenvalue weighted by atomic mass is 16.4. The molecule has 1 saturated heterocycles. The Labute approximate surface area is 89.1 Å². The van der Waals surface area contributed by atoms with Crippen LogP contribution in [0.5, 0.6) is 0 Å². The lowest BCUT2D eigenvalue weighted by atomic mass is 10.1.